The fourth-order valence-corrected chi connectivity index (χ4v) is 4.51. The van der Waals surface area contributed by atoms with E-state index in [1.807, 2.05) is 0 Å². The van der Waals surface area contributed by atoms with Crippen LogP contribution in [0.2, 0.25) is 0 Å². The molecule has 9 heteroatoms. The Kier molecular flexibility index (Phi) is 4.58. The summed E-state index contributed by atoms with van der Waals surface area (Å²) in [5, 5.41) is 15.9. The van der Waals surface area contributed by atoms with Crippen LogP contribution in [0, 0.1) is 33.8 Å². The monoisotopic (exact) mass is 384 g/mol. The molecule has 0 aromatic heterocycles. The number of carbonyl (C=O) groups is 3. The first-order chi connectivity index (χ1) is 13.5. The molecule has 28 heavy (non-hydrogen) atoms. The largest absolute Gasteiger partial charge is 0.336 e. The Bertz CT molecular complexity index is 851. The Balaban J connectivity index is 1.31. The van der Waals surface area contributed by atoms with Crippen LogP contribution in [0.5, 0.6) is 0 Å². The molecule has 1 aromatic carbocycles. The van der Waals surface area contributed by atoms with Gasteiger partial charge in [-0.15, -0.1) is 0 Å². The van der Waals surface area contributed by atoms with Crippen LogP contribution >= 0.6 is 0 Å². The summed E-state index contributed by atoms with van der Waals surface area (Å²) in [7, 11) is 0. The van der Waals surface area contributed by atoms with E-state index in [9.17, 15) is 24.5 Å². The standard InChI is InChI=1S/C19H20N4O5/c24-17-15-11-4-5-12(7-6-11)16(15)18(25)22(17)9-8-20-19(26)21-13-2-1-3-14(10-13)23(27)28/h1-5,10-12,15-16H,6-9H2,(H2,20,21,26)/t11-,12-,15+,16+/m0/s1. The van der Waals surface area contributed by atoms with Crippen LogP contribution in [0.3, 0.4) is 0 Å². The number of rotatable bonds is 5. The Morgan fingerprint density at radius 1 is 1.14 bits per heavy atom. The predicted octanol–water partition coefficient (Wildman–Crippen LogP) is 1.91. The van der Waals surface area contributed by atoms with Gasteiger partial charge in [0.25, 0.3) is 5.69 Å². The number of imide groups is 1. The van der Waals surface area contributed by atoms with E-state index in [1.165, 1.54) is 29.2 Å². The maximum Gasteiger partial charge on any atom is 0.319 e. The summed E-state index contributed by atoms with van der Waals surface area (Å²) in [5.74, 6) is -0.516. The molecular weight excluding hydrogens is 364 g/mol. The van der Waals surface area contributed by atoms with Gasteiger partial charge in [0.15, 0.2) is 0 Å². The van der Waals surface area contributed by atoms with Gasteiger partial charge in [-0.1, -0.05) is 18.2 Å². The Hall–Kier alpha value is -3.23. The van der Waals surface area contributed by atoms with Crippen LogP contribution in [-0.2, 0) is 9.59 Å². The molecule has 1 aromatic rings. The lowest BCUT2D eigenvalue weighted by atomic mass is 9.63. The number of nitro groups is 1. The molecule has 4 amide bonds. The third-order valence-electron chi connectivity index (χ3n) is 5.79. The number of amides is 4. The number of benzene rings is 1. The molecule has 1 saturated heterocycles. The Labute approximate surface area is 160 Å². The van der Waals surface area contributed by atoms with Gasteiger partial charge in [0, 0.05) is 30.9 Å². The van der Waals surface area contributed by atoms with Gasteiger partial charge in [-0.25, -0.2) is 4.79 Å². The minimum atomic E-state index is -0.557. The van der Waals surface area contributed by atoms with Crippen molar-refractivity contribution < 1.29 is 19.3 Å². The van der Waals surface area contributed by atoms with E-state index in [0.29, 0.717) is 0 Å². The van der Waals surface area contributed by atoms with Crippen molar-refractivity contribution in [3.05, 3.63) is 46.5 Å². The fraction of sp³-hybridized carbons (Fsp3) is 0.421. The van der Waals surface area contributed by atoms with Gasteiger partial charge in [-0.3, -0.25) is 24.6 Å². The second-order valence-electron chi connectivity index (χ2n) is 7.36. The van der Waals surface area contributed by atoms with Gasteiger partial charge in [0.1, 0.15) is 0 Å². The van der Waals surface area contributed by atoms with Crippen molar-refractivity contribution in [2.45, 2.75) is 12.8 Å². The van der Waals surface area contributed by atoms with Crippen LogP contribution in [0.25, 0.3) is 0 Å². The van der Waals surface area contributed by atoms with Gasteiger partial charge >= 0.3 is 6.03 Å². The zero-order valence-corrected chi connectivity index (χ0v) is 15.0. The van der Waals surface area contributed by atoms with Crippen LogP contribution in [0.15, 0.2) is 36.4 Å². The lowest BCUT2D eigenvalue weighted by molar-refractivity contribution is -0.384. The summed E-state index contributed by atoms with van der Waals surface area (Å²) < 4.78 is 0. The van der Waals surface area contributed by atoms with E-state index in [0.717, 1.165) is 12.8 Å². The number of non-ortho nitro benzene ring substituents is 1. The van der Waals surface area contributed by atoms with Gasteiger partial charge in [-0.05, 0) is 30.7 Å². The van der Waals surface area contributed by atoms with Crippen molar-refractivity contribution in [1.82, 2.24) is 10.2 Å². The summed E-state index contributed by atoms with van der Waals surface area (Å²) in [6.07, 6.45) is 6.02. The number of fused-ring (bicyclic) bond motifs is 1. The summed E-state index contributed by atoms with van der Waals surface area (Å²) >= 11 is 0. The van der Waals surface area contributed by atoms with Crippen molar-refractivity contribution in [3.8, 4) is 0 Å². The third kappa shape index (κ3) is 3.12. The number of carbonyl (C=O) groups excluding carboxylic acids is 3. The molecule has 2 fully saturated rings. The highest BCUT2D eigenvalue weighted by Gasteiger charge is 2.56. The average Bonchev–Trinajstić information content (AvgIpc) is 2.96. The van der Waals surface area contributed by atoms with E-state index in [1.54, 1.807) is 0 Å². The van der Waals surface area contributed by atoms with E-state index >= 15 is 0 Å². The summed E-state index contributed by atoms with van der Waals surface area (Å²) in [4.78, 5) is 48.9. The lowest BCUT2D eigenvalue weighted by Crippen LogP contribution is -2.40. The Morgan fingerprint density at radius 3 is 2.36 bits per heavy atom. The van der Waals surface area contributed by atoms with Crippen LogP contribution in [0.1, 0.15) is 12.8 Å². The highest BCUT2D eigenvalue weighted by molar-refractivity contribution is 6.06. The minimum Gasteiger partial charge on any atom is -0.336 e. The van der Waals surface area contributed by atoms with Crippen molar-refractivity contribution in [2.75, 3.05) is 18.4 Å². The normalized spacial score (nSPS) is 27.6. The number of anilines is 1. The molecule has 4 aliphatic rings. The van der Waals surface area contributed by atoms with Gasteiger partial charge in [0.05, 0.1) is 16.8 Å². The molecule has 0 spiro atoms. The molecule has 5 rings (SSSR count). The van der Waals surface area contributed by atoms with Crippen molar-refractivity contribution >= 4 is 29.2 Å². The number of hydrogen-bond acceptors (Lipinski definition) is 5. The first kappa shape index (κ1) is 18.1. The molecule has 1 heterocycles. The quantitative estimate of drug-likeness (QED) is 0.348. The average molecular weight is 384 g/mol. The predicted molar refractivity (Wildman–Crippen MR) is 99.2 cm³/mol. The number of nitrogens with one attached hydrogen (secondary N) is 2. The van der Waals surface area contributed by atoms with Gasteiger partial charge in [0.2, 0.25) is 11.8 Å². The number of nitro benzene ring substituents is 1. The summed E-state index contributed by atoms with van der Waals surface area (Å²) in [6, 6.07) is 5.03. The number of allylic oxidation sites excluding steroid dienone is 2. The Morgan fingerprint density at radius 2 is 1.79 bits per heavy atom. The molecule has 1 aliphatic heterocycles. The minimum absolute atomic E-state index is 0.112. The number of urea groups is 1. The first-order valence-corrected chi connectivity index (χ1v) is 9.28. The smallest absolute Gasteiger partial charge is 0.319 e. The topological polar surface area (TPSA) is 122 Å². The van der Waals surface area contributed by atoms with Gasteiger partial charge in [-0.2, -0.15) is 0 Å². The first-order valence-electron chi connectivity index (χ1n) is 9.28. The maximum absolute atomic E-state index is 12.7. The molecule has 9 nitrogen and oxygen atoms in total. The maximum atomic E-state index is 12.7. The molecule has 3 aliphatic carbocycles. The lowest BCUT2D eigenvalue weighted by Gasteiger charge is -2.38. The SMILES string of the molecule is O=C(NCCN1C(=O)[C@H]2[C@H](C1=O)[C@H]1C=C[C@H]2CC1)Nc1cccc([N+](=O)[O-])c1. The van der Waals surface area contributed by atoms with Gasteiger partial charge < -0.3 is 10.6 Å². The van der Waals surface area contributed by atoms with E-state index in [2.05, 4.69) is 22.8 Å². The second-order valence-corrected chi connectivity index (χ2v) is 7.36. The van der Waals surface area contributed by atoms with Crippen LogP contribution in [0.4, 0.5) is 16.2 Å². The highest BCUT2D eigenvalue weighted by atomic mass is 16.6. The molecule has 146 valence electrons. The zero-order valence-electron chi connectivity index (χ0n) is 15.0. The van der Waals surface area contributed by atoms with Crippen molar-refractivity contribution in [1.29, 1.82) is 0 Å². The third-order valence-corrected chi connectivity index (χ3v) is 5.79. The molecule has 0 unspecified atom stereocenters. The van der Waals surface area contributed by atoms with E-state index in [4.69, 9.17) is 0 Å². The van der Waals surface area contributed by atoms with Crippen molar-refractivity contribution in [3.63, 3.8) is 0 Å². The van der Waals surface area contributed by atoms with Crippen molar-refractivity contribution in [2.24, 2.45) is 23.7 Å². The van der Waals surface area contributed by atoms with E-state index < -0.39 is 11.0 Å². The molecule has 0 radical (unpaired) electrons. The molecular formula is C19H20N4O5. The molecule has 2 N–H and O–H groups in total. The van der Waals surface area contributed by atoms with Crippen LogP contribution in [-0.4, -0.2) is 40.8 Å². The number of likely N-dealkylation sites (tertiary alicyclic amines) is 1. The molecule has 4 atom stereocenters. The summed E-state index contributed by atoms with van der Waals surface area (Å²) in [6.45, 7) is 0.229. The van der Waals surface area contributed by atoms with Crippen LogP contribution < -0.4 is 10.6 Å². The number of nitrogens with zero attached hydrogens (tertiary/aromatic N) is 2. The molecule has 1 saturated carbocycles. The zero-order chi connectivity index (χ0) is 19.8. The van der Waals surface area contributed by atoms with E-state index in [-0.39, 0.29) is 60.0 Å². The summed E-state index contributed by atoms with van der Waals surface area (Å²) in [5.41, 5.74) is 0.158. The molecule has 2 bridgehead atoms. The number of hydrogen-bond donors (Lipinski definition) is 2. The highest BCUT2D eigenvalue weighted by Crippen LogP contribution is 2.49. The second kappa shape index (κ2) is 7.06. The fourth-order valence-electron chi connectivity index (χ4n) is 4.51.